The number of carbonyl (C=O) groups excluding carboxylic acids is 3. The fourth-order valence-electron chi connectivity index (χ4n) is 18.5. The van der Waals surface area contributed by atoms with E-state index in [0.717, 1.165) is 159 Å². The van der Waals surface area contributed by atoms with E-state index >= 15 is 0 Å². The van der Waals surface area contributed by atoms with Crippen LogP contribution >= 0.6 is 0 Å². The van der Waals surface area contributed by atoms with Crippen LogP contribution in [-0.2, 0) is 40.1 Å². The molecule has 9 aromatic rings. The van der Waals surface area contributed by atoms with Gasteiger partial charge in [-0.25, -0.2) is 36.0 Å². The lowest BCUT2D eigenvalue weighted by atomic mass is 9.86. The summed E-state index contributed by atoms with van der Waals surface area (Å²) in [6.45, 7) is 29.0. The third-order valence-electron chi connectivity index (χ3n) is 25.4. The molecule has 9 aromatic carbocycles. The van der Waals surface area contributed by atoms with E-state index in [1.807, 2.05) is 137 Å². The number of amides is 3. The van der Waals surface area contributed by atoms with Gasteiger partial charge in [-0.1, -0.05) is 80.2 Å². The third-order valence-corrected chi connectivity index (χ3v) is 29.5. The van der Waals surface area contributed by atoms with Crippen LogP contribution in [0.4, 0.5) is 67.9 Å². The highest BCUT2D eigenvalue weighted by Crippen LogP contribution is 2.38. The maximum Gasteiger partial charge on any atom is 0.442 e. The summed E-state index contributed by atoms with van der Waals surface area (Å²) in [7, 11) is -10.3. The number of hydrogen-bond acceptors (Lipinski definition) is 21. The van der Waals surface area contributed by atoms with Crippen LogP contribution < -0.4 is 45.3 Å². The molecule has 3 atom stereocenters. The van der Waals surface area contributed by atoms with Crippen molar-refractivity contribution < 1.29 is 60.6 Å². The summed E-state index contributed by atoms with van der Waals surface area (Å²) in [4.78, 5) is 67.1. The predicted molar refractivity (Wildman–Crippen MR) is 544 cm³/mol. The molecule has 25 nitrogen and oxygen atoms in total. The van der Waals surface area contributed by atoms with Gasteiger partial charge in [0.05, 0.1) is 89.3 Å². The molecule has 0 bridgehead atoms. The number of rotatable bonds is 18. The smallest absolute Gasteiger partial charge is 0.442 e. The Balaban J connectivity index is 0.000000193. The number of piperidine rings is 3. The van der Waals surface area contributed by atoms with Crippen molar-refractivity contribution in [3.63, 3.8) is 0 Å². The molecule has 6 aliphatic heterocycles. The van der Waals surface area contributed by atoms with Crippen LogP contribution in [0.25, 0.3) is 0 Å². The first-order chi connectivity index (χ1) is 65.1. The number of hydrogen-bond donors (Lipinski definition) is 5. The second-order valence-electron chi connectivity index (χ2n) is 36.5. The van der Waals surface area contributed by atoms with E-state index < -0.39 is 71.2 Å². The minimum atomic E-state index is -3.28. The number of anilines is 8. The van der Waals surface area contributed by atoms with Gasteiger partial charge in [0.1, 0.15) is 51.1 Å². The first-order valence-electron chi connectivity index (χ1n) is 46.4. The molecule has 137 heavy (non-hydrogen) atoms. The van der Waals surface area contributed by atoms with Crippen molar-refractivity contribution in [1.82, 2.24) is 15.1 Å². The first kappa shape index (κ1) is 105. The number of nitrogens with zero attached hydrogens (tertiary/aromatic N) is 12. The number of alkyl halides is 1. The molecule has 6 fully saturated rings. The molecule has 0 aliphatic carbocycles. The first-order valence-corrected chi connectivity index (χ1v) is 51.7. The minimum absolute atomic E-state index is 0. The molecule has 5 N–H and O–H groups in total. The Hall–Kier alpha value is -12.7. The van der Waals surface area contributed by atoms with Crippen molar-refractivity contribution in [3.05, 3.63) is 254 Å². The van der Waals surface area contributed by atoms with E-state index in [2.05, 4.69) is 91.1 Å². The summed E-state index contributed by atoms with van der Waals surface area (Å²) >= 11 is 0. The molecule has 730 valence electrons. The zero-order valence-electron chi connectivity index (χ0n) is 80.7. The van der Waals surface area contributed by atoms with Crippen molar-refractivity contribution in [3.8, 4) is 18.2 Å². The van der Waals surface area contributed by atoms with E-state index in [1.165, 1.54) is 48.1 Å². The van der Waals surface area contributed by atoms with Crippen LogP contribution in [0.1, 0.15) is 155 Å². The Bertz CT molecular complexity index is 6120. The number of para-hydroxylation sites is 3. The lowest BCUT2D eigenvalue weighted by Gasteiger charge is -2.37. The zero-order chi connectivity index (χ0) is 99.4. The molecule has 0 radical (unpaired) electrons. The number of piperazine rings is 3. The molecule has 0 spiro atoms. The average Bonchev–Trinajstić information content (AvgIpc) is 0.787. The largest absolute Gasteiger partial charge is 0.478 e. The van der Waals surface area contributed by atoms with E-state index in [0.29, 0.717) is 122 Å². The van der Waals surface area contributed by atoms with E-state index in [4.69, 9.17) is 10.9 Å². The Kier molecular flexibility index (Phi) is 36.3. The maximum absolute atomic E-state index is 14.6. The van der Waals surface area contributed by atoms with Gasteiger partial charge in [0, 0.05) is 171 Å². The number of carboxylic acids is 1. The van der Waals surface area contributed by atoms with Gasteiger partial charge in [-0.05, 0) is 259 Å². The molecule has 15 rings (SSSR count). The van der Waals surface area contributed by atoms with Gasteiger partial charge in [0.2, 0.25) is 0 Å². The quantitative estimate of drug-likeness (QED) is 0.0394. The Labute approximate surface area is 808 Å². The topological polar surface area (TPSA) is 319 Å². The van der Waals surface area contributed by atoms with Crippen LogP contribution in [0.3, 0.4) is 0 Å². The number of nitrogens with one attached hydrogen (secondary N) is 4. The molecular weight excluding hydrogens is 1800 g/mol. The van der Waals surface area contributed by atoms with E-state index in [-0.39, 0.29) is 40.0 Å². The molecule has 32 heteroatoms. The van der Waals surface area contributed by atoms with Crippen LogP contribution in [0.15, 0.2) is 183 Å². The summed E-state index contributed by atoms with van der Waals surface area (Å²) in [5, 5.41) is 48.0. The van der Waals surface area contributed by atoms with E-state index in [9.17, 15) is 70.3 Å². The summed E-state index contributed by atoms with van der Waals surface area (Å²) in [5.74, 6) is 1.52. The van der Waals surface area contributed by atoms with Crippen LogP contribution in [-0.4, -0.2) is 219 Å². The van der Waals surface area contributed by atoms with Gasteiger partial charge in [-0.3, -0.25) is 18.2 Å². The van der Waals surface area contributed by atoms with E-state index in [1.54, 1.807) is 63.2 Å². The van der Waals surface area contributed by atoms with Crippen molar-refractivity contribution in [2.45, 2.75) is 147 Å². The Morgan fingerprint density at radius 2 is 0.825 bits per heavy atom. The highest BCUT2D eigenvalue weighted by Gasteiger charge is 2.34. The number of aromatic carboxylic acids is 1. The highest BCUT2D eigenvalue weighted by molar-refractivity contribution is 7.99. The number of ether oxygens (including phenoxy) is 1. The van der Waals surface area contributed by atoms with Crippen LogP contribution in [0.2, 0.25) is 0 Å². The Morgan fingerprint density at radius 3 is 1.22 bits per heavy atom. The van der Waals surface area contributed by atoms with Crippen molar-refractivity contribution in [2.24, 2.45) is 10.3 Å². The lowest BCUT2D eigenvalue weighted by Crippen LogP contribution is -2.49. The SMILES string of the molecule is C.C=S(C)(=O)c1c(F)cccc1N1CCN(C(=O)c2cc(NC3CCN(c4ccccc4C#N)CC3)c(C)cc2C)CC1.CC(C)(C)OC(=O)N=[S@@](C)(=O)c1c(F)cccc1N1CCNCC1.Cc1cc(C)c(C(=O)N2CCN(c3cccc(F)c3[S@@](C)(=N)=O)CC2)cc1CC1CCN(c2ccccc2C#N)CC1.Cc1cc(C)c(C(=O)O)cc1NC1CCN(c2ccccc2C#N)CC1.[2H]CF. The number of nitriles is 3. The number of benzene rings is 9. The lowest BCUT2D eigenvalue weighted by molar-refractivity contribution is 0.0605. The van der Waals surface area contributed by atoms with Gasteiger partial charge in [0.25, 0.3) is 11.8 Å². The molecule has 6 saturated heterocycles. The second-order valence-corrected chi connectivity index (χ2v) is 43.2. The molecular formula is C105H130F4N16O9S3. The number of aryl methyl sites for hydroxylation is 6. The van der Waals surface area contributed by atoms with Crippen molar-refractivity contribution >= 4 is 104 Å². The summed E-state index contributed by atoms with van der Waals surface area (Å²) in [6.07, 6.45) is 9.72. The average molecular weight is 1930 g/mol. The molecule has 3 amide bonds. The van der Waals surface area contributed by atoms with Crippen molar-refractivity contribution in [1.29, 1.82) is 20.6 Å². The molecule has 1 unspecified atom stereocenters. The molecule has 6 aliphatic rings. The molecule has 0 aromatic heterocycles. The van der Waals surface area contributed by atoms with Gasteiger partial charge in [-0.2, -0.15) is 15.8 Å². The number of carbonyl (C=O) groups is 4. The number of halogens is 4. The highest BCUT2D eigenvalue weighted by atomic mass is 32.2. The van der Waals surface area contributed by atoms with Crippen molar-refractivity contribution in [2.75, 3.05) is 184 Å². The Morgan fingerprint density at radius 1 is 0.489 bits per heavy atom. The summed E-state index contributed by atoms with van der Waals surface area (Å²) in [5.41, 5.74) is 16.8. The third kappa shape index (κ3) is 27.2. The minimum Gasteiger partial charge on any atom is -0.478 e. The van der Waals surface area contributed by atoms with Crippen LogP contribution in [0.5, 0.6) is 0 Å². The number of carboxylic acid groups (broad SMARTS) is 1. The van der Waals surface area contributed by atoms with Gasteiger partial charge >= 0.3 is 12.1 Å². The standard InChI is InChI=1S/2C33H38FN5O2S.C21H23N3O2.C16H24FN3O3S.CH3F.CH4/c1-23-20-24(2)29(36-26-12-14-37(15-13-26)30-10-6-5-8-25(30)22-35)21-27(23)33(40)39-18-16-38(17-19-39)31-11-7-9-28(34)32(31)42(3,4)41;1-23-19-24(2)28(21-27(23)20-25-11-13-37(14-12-25)30-9-5-4-7-26(30)22-35)33(40)39-17-15-38(16-18-39)31-10-6-8-29(34)32(31)42(3,36)41;1-14-11-15(2)19(12-18(14)21(25)26)23-17-7-9-24(10-8-17)20-6-4-3-5-16(20)13-22;1-16(2,3)23-15(21)19-24(4,22)14-12(17)6-5-7-13(14)20-10-8-18-9-11-20;1-2;/h5-11,20-21,26,36H,3,12-19H2,1-2,4H3;4-10,19,21,25,36H,11-18,20H2,1-3H3;3-6,11-12,17,23H,7-10H2,1-2H3,(H,25,26);5-7,18H,8-11H2,1-4H3;1H3;1H4/t;42-;;24-;;/m.0.0../s1/i;;;;1D;. The summed E-state index contributed by atoms with van der Waals surface area (Å²) < 4.78 is 114. The monoisotopic (exact) mass is 1930 g/mol. The summed E-state index contributed by atoms with van der Waals surface area (Å²) in [6, 6.07) is 56.3. The zero-order valence-corrected chi connectivity index (χ0v) is 82.2. The maximum atomic E-state index is 14.6. The fraction of sp³-hybridized carbons (Fsp3) is 0.410. The normalized spacial score (nSPS) is 16.8. The molecule has 6 heterocycles. The van der Waals surface area contributed by atoms with Gasteiger partial charge in [0.15, 0.2) is 0 Å². The van der Waals surface area contributed by atoms with Crippen LogP contribution in [0, 0.1) is 104 Å². The fourth-order valence-corrected chi connectivity index (χ4v) is 22.0. The van der Waals surface area contributed by atoms with Gasteiger partial charge in [-0.15, -0.1) is 4.36 Å². The molecule has 0 saturated carbocycles. The van der Waals surface area contributed by atoms with Gasteiger partial charge < -0.3 is 65.0 Å². The predicted octanol–water partition coefficient (Wildman–Crippen LogP) is 18.6. The second kappa shape index (κ2) is 47.4.